The molecule has 3 rings (SSSR count). The fraction of sp³-hybridized carbons (Fsp3) is 0.688. The second-order valence-corrected chi connectivity index (χ2v) is 6.05. The summed E-state index contributed by atoms with van der Waals surface area (Å²) in [5, 5.41) is 3.54. The van der Waals surface area contributed by atoms with Gasteiger partial charge in [-0.05, 0) is 37.8 Å². The highest BCUT2D eigenvalue weighted by molar-refractivity contribution is 5.39. The Balaban J connectivity index is 1.63. The first-order valence-corrected chi connectivity index (χ1v) is 7.75. The molecule has 1 heterocycles. The van der Waals surface area contributed by atoms with Crippen LogP contribution in [0.5, 0.6) is 0 Å². The van der Waals surface area contributed by atoms with E-state index in [1.54, 1.807) is 0 Å². The lowest BCUT2D eigenvalue weighted by atomic mass is 9.94. The van der Waals surface area contributed by atoms with Crippen molar-refractivity contribution in [2.45, 2.75) is 63.6 Å². The van der Waals surface area contributed by atoms with Gasteiger partial charge in [0.2, 0.25) is 0 Å². The molecule has 19 heavy (non-hydrogen) atoms. The summed E-state index contributed by atoms with van der Waals surface area (Å²) < 4.78 is 0. The van der Waals surface area contributed by atoms with Crippen molar-refractivity contribution >= 4 is 5.82 Å². The Kier molecular flexibility index (Phi) is 4.02. The van der Waals surface area contributed by atoms with E-state index in [0.29, 0.717) is 6.04 Å². The summed E-state index contributed by atoms with van der Waals surface area (Å²) in [5.74, 6) is 1.14. The largest absolute Gasteiger partial charge is 0.357 e. The summed E-state index contributed by atoms with van der Waals surface area (Å²) in [5.41, 5.74) is 1.17. The van der Waals surface area contributed by atoms with Gasteiger partial charge in [-0.1, -0.05) is 25.3 Å². The molecule has 2 saturated carbocycles. The Labute approximate surface area is 116 Å². The van der Waals surface area contributed by atoms with E-state index in [4.69, 9.17) is 4.98 Å². The van der Waals surface area contributed by atoms with E-state index in [9.17, 15) is 0 Å². The zero-order valence-electron chi connectivity index (χ0n) is 11.9. The molecule has 0 aliphatic heterocycles. The molecule has 0 radical (unpaired) electrons. The number of rotatable bonds is 5. The third-order valence-electron chi connectivity index (χ3n) is 4.43. The predicted octanol–water partition coefficient (Wildman–Crippen LogP) is 3.10. The van der Waals surface area contributed by atoms with Crippen molar-refractivity contribution in [3.8, 4) is 0 Å². The second kappa shape index (κ2) is 5.91. The van der Waals surface area contributed by atoms with Gasteiger partial charge in [-0.15, -0.1) is 0 Å². The molecule has 0 spiro atoms. The highest BCUT2D eigenvalue weighted by Gasteiger charge is 2.21. The predicted molar refractivity (Wildman–Crippen MR) is 79.4 cm³/mol. The molecule has 1 aromatic rings. The summed E-state index contributed by atoms with van der Waals surface area (Å²) in [6.45, 7) is 0.914. The van der Waals surface area contributed by atoms with E-state index in [0.717, 1.165) is 18.4 Å². The Bertz CT molecular complexity index is 408. The molecule has 2 aliphatic carbocycles. The van der Waals surface area contributed by atoms with Gasteiger partial charge in [0.1, 0.15) is 5.82 Å². The maximum Gasteiger partial charge on any atom is 0.128 e. The highest BCUT2D eigenvalue weighted by atomic mass is 15.2. The average molecular weight is 259 g/mol. The fourth-order valence-corrected chi connectivity index (χ4v) is 2.95. The number of hydrogen-bond donors (Lipinski definition) is 1. The van der Waals surface area contributed by atoms with E-state index in [-0.39, 0.29) is 0 Å². The minimum atomic E-state index is 0.688. The molecule has 0 aromatic carbocycles. The van der Waals surface area contributed by atoms with E-state index < -0.39 is 0 Å². The number of nitrogens with zero attached hydrogens (tertiary/aromatic N) is 2. The lowest BCUT2D eigenvalue weighted by Gasteiger charge is -2.32. The topological polar surface area (TPSA) is 28.2 Å². The highest BCUT2D eigenvalue weighted by Crippen LogP contribution is 2.25. The van der Waals surface area contributed by atoms with Crippen molar-refractivity contribution in [1.29, 1.82) is 0 Å². The number of nitrogens with one attached hydrogen (secondary N) is 1. The Morgan fingerprint density at radius 1 is 1.16 bits per heavy atom. The van der Waals surface area contributed by atoms with Crippen molar-refractivity contribution in [3.05, 3.63) is 23.9 Å². The standard InChI is InChI=1S/C16H25N3/c1-19(15-7-3-2-4-8-15)16-9-5-6-14(18-16)12-17-13-10-11-13/h5-6,9,13,15,17H,2-4,7-8,10-12H2,1H3. The van der Waals surface area contributed by atoms with Gasteiger partial charge in [0.15, 0.2) is 0 Å². The van der Waals surface area contributed by atoms with Crippen LogP contribution in [0.3, 0.4) is 0 Å². The van der Waals surface area contributed by atoms with E-state index in [1.165, 1.54) is 50.6 Å². The minimum Gasteiger partial charge on any atom is -0.357 e. The molecule has 1 N–H and O–H groups in total. The van der Waals surface area contributed by atoms with Gasteiger partial charge in [-0.2, -0.15) is 0 Å². The molecule has 0 amide bonds. The maximum absolute atomic E-state index is 4.81. The van der Waals surface area contributed by atoms with Crippen LogP contribution in [0, 0.1) is 0 Å². The first-order valence-electron chi connectivity index (χ1n) is 7.75. The quantitative estimate of drug-likeness (QED) is 0.880. The molecular formula is C16H25N3. The van der Waals surface area contributed by atoms with Crippen LogP contribution < -0.4 is 10.2 Å². The Morgan fingerprint density at radius 2 is 1.95 bits per heavy atom. The SMILES string of the molecule is CN(c1cccc(CNC2CC2)n1)C1CCCCC1. The van der Waals surface area contributed by atoms with E-state index >= 15 is 0 Å². The molecule has 2 aliphatic rings. The van der Waals surface area contributed by atoms with Crippen LogP contribution in [0.4, 0.5) is 5.82 Å². The fourth-order valence-electron chi connectivity index (χ4n) is 2.95. The minimum absolute atomic E-state index is 0.688. The normalized spacial score (nSPS) is 20.5. The van der Waals surface area contributed by atoms with Gasteiger partial charge in [0.25, 0.3) is 0 Å². The van der Waals surface area contributed by atoms with Crippen molar-refractivity contribution in [2.24, 2.45) is 0 Å². The van der Waals surface area contributed by atoms with Gasteiger partial charge in [0, 0.05) is 25.7 Å². The molecule has 104 valence electrons. The van der Waals surface area contributed by atoms with Crippen LogP contribution in [0.25, 0.3) is 0 Å². The van der Waals surface area contributed by atoms with Gasteiger partial charge in [-0.25, -0.2) is 4.98 Å². The number of pyridine rings is 1. The summed E-state index contributed by atoms with van der Waals surface area (Å²) in [7, 11) is 2.20. The zero-order valence-corrected chi connectivity index (χ0v) is 11.9. The maximum atomic E-state index is 4.81. The molecule has 3 nitrogen and oxygen atoms in total. The van der Waals surface area contributed by atoms with E-state index in [1.807, 2.05) is 0 Å². The lowest BCUT2D eigenvalue weighted by molar-refractivity contribution is 0.426. The van der Waals surface area contributed by atoms with Gasteiger partial charge in [0.05, 0.1) is 5.69 Å². The third kappa shape index (κ3) is 3.47. The van der Waals surface area contributed by atoms with Crippen LogP contribution in [0.1, 0.15) is 50.6 Å². The van der Waals surface area contributed by atoms with E-state index in [2.05, 4.69) is 35.5 Å². The number of hydrogen-bond acceptors (Lipinski definition) is 3. The number of aromatic nitrogens is 1. The van der Waals surface area contributed by atoms with Crippen molar-refractivity contribution < 1.29 is 0 Å². The summed E-state index contributed by atoms with van der Waals surface area (Å²) >= 11 is 0. The third-order valence-corrected chi connectivity index (χ3v) is 4.43. The Morgan fingerprint density at radius 3 is 2.68 bits per heavy atom. The van der Waals surface area contributed by atoms with Gasteiger partial charge < -0.3 is 10.2 Å². The average Bonchev–Trinajstić information content (AvgIpc) is 3.30. The molecule has 0 saturated heterocycles. The van der Waals surface area contributed by atoms with Crippen LogP contribution in [-0.4, -0.2) is 24.1 Å². The van der Waals surface area contributed by atoms with Crippen LogP contribution >= 0.6 is 0 Å². The molecule has 0 unspecified atom stereocenters. The van der Waals surface area contributed by atoms with Crippen LogP contribution in [-0.2, 0) is 6.54 Å². The molecule has 2 fully saturated rings. The summed E-state index contributed by atoms with van der Waals surface area (Å²) in [6, 6.07) is 7.86. The van der Waals surface area contributed by atoms with Crippen molar-refractivity contribution in [3.63, 3.8) is 0 Å². The van der Waals surface area contributed by atoms with Crippen LogP contribution in [0.15, 0.2) is 18.2 Å². The number of anilines is 1. The van der Waals surface area contributed by atoms with Crippen molar-refractivity contribution in [1.82, 2.24) is 10.3 Å². The van der Waals surface area contributed by atoms with Crippen molar-refractivity contribution in [2.75, 3.05) is 11.9 Å². The first kappa shape index (κ1) is 12.9. The molecule has 3 heteroatoms. The van der Waals surface area contributed by atoms with Crippen LogP contribution in [0.2, 0.25) is 0 Å². The zero-order chi connectivity index (χ0) is 13.1. The van der Waals surface area contributed by atoms with Gasteiger partial charge >= 0.3 is 0 Å². The lowest BCUT2D eigenvalue weighted by Crippen LogP contribution is -2.34. The first-order chi connectivity index (χ1) is 9.33. The molecule has 0 bridgehead atoms. The van der Waals surface area contributed by atoms with Gasteiger partial charge in [-0.3, -0.25) is 0 Å². The second-order valence-electron chi connectivity index (χ2n) is 6.05. The summed E-state index contributed by atoms with van der Waals surface area (Å²) in [4.78, 5) is 7.20. The monoisotopic (exact) mass is 259 g/mol. The molecule has 0 atom stereocenters. The molecular weight excluding hydrogens is 234 g/mol. The summed E-state index contributed by atoms with van der Waals surface area (Å²) in [6.07, 6.45) is 9.47. The molecule has 1 aromatic heterocycles. The Hall–Kier alpha value is -1.09. The smallest absolute Gasteiger partial charge is 0.128 e.